The minimum atomic E-state index is -3.65. The normalized spacial score (nSPS) is 7.00. The first-order valence-electron chi connectivity index (χ1n) is 0.463. The van der Waals surface area contributed by atoms with Crippen LogP contribution in [0.4, 0.5) is 0 Å². The largest absolute Gasteiger partial charge is 2.00 e. The first-order valence-corrected chi connectivity index (χ1v) is 1.91. The van der Waals surface area contributed by atoms with Gasteiger partial charge in [-0.05, 0) is 0 Å². The third kappa shape index (κ3) is 53.5. The van der Waals surface area contributed by atoms with Gasteiger partial charge < -0.3 is 0 Å². The fraction of sp³-hybridized carbons (Fsp3) is 0. The second-order valence-electron chi connectivity index (χ2n) is 0.189. The molecule has 3 nitrogen and oxygen atoms in total. The topological polar surface area (TPSA) is 63.2 Å². The van der Waals surface area contributed by atoms with Gasteiger partial charge in [0.1, 0.15) is 0 Å². The van der Waals surface area contributed by atoms with Crippen LogP contribution in [0.5, 0.6) is 0 Å². The average Bonchev–Trinajstić information content (AvgIpc) is 0.811. The van der Waals surface area contributed by atoms with Crippen molar-refractivity contribution in [1.29, 1.82) is 0 Å². The predicted molar refractivity (Wildman–Crippen MR) is 0.686 cm³/mol. The summed E-state index contributed by atoms with van der Waals surface area (Å²) in [5, 5.41) is 0. The standard InChI is InChI=1S/Mn.3O.Zn/q;;2*-1;+2. The van der Waals surface area contributed by atoms with Crippen LogP contribution in [0.25, 0.3) is 0 Å². The van der Waals surface area contributed by atoms with Gasteiger partial charge in [0.15, 0.2) is 0 Å². The third-order valence-corrected chi connectivity index (χ3v) is 0. The van der Waals surface area contributed by atoms with E-state index in [4.69, 9.17) is 12.2 Å². The summed E-state index contributed by atoms with van der Waals surface area (Å²) >= 11 is -3.65. The Kier molecular flexibility index (Phi) is 9.04. The smallest absolute Gasteiger partial charge is 2.00 e. The molecule has 5 heteroatoms. The fourth-order valence-electron chi connectivity index (χ4n) is 0. The summed E-state index contributed by atoms with van der Waals surface area (Å²) in [6.45, 7) is 0. The van der Waals surface area contributed by atoms with Crippen molar-refractivity contribution >= 4 is 0 Å². The first kappa shape index (κ1) is 9.29. The average molecular weight is 168 g/mol. The summed E-state index contributed by atoms with van der Waals surface area (Å²) in [5.74, 6) is 0. The molecular weight excluding hydrogens is 168 g/mol. The maximum atomic E-state index is 8.52. The Morgan fingerprint density at radius 2 is 1.40 bits per heavy atom. The minimum Gasteiger partial charge on any atom is 2.00 e. The van der Waals surface area contributed by atoms with Gasteiger partial charge in [-0.15, -0.1) is 0 Å². The Bertz CT molecular complexity index is 29.9. The molecule has 0 unspecified atom stereocenters. The Balaban J connectivity index is 0. The molecule has 0 aromatic rings. The summed E-state index contributed by atoms with van der Waals surface area (Å²) in [6, 6.07) is 0. The molecule has 0 N–H and O–H groups in total. The van der Waals surface area contributed by atoms with Gasteiger partial charge in [-0.3, -0.25) is 0 Å². The zero-order valence-corrected chi connectivity index (χ0v) is 6.46. The van der Waals surface area contributed by atoms with E-state index in [-0.39, 0.29) is 19.5 Å². The Morgan fingerprint density at radius 1 is 1.40 bits per heavy atom. The van der Waals surface area contributed by atoms with E-state index in [2.05, 4.69) is 0 Å². The Labute approximate surface area is 46.5 Å². The molecule has 0 saturated carbocycles. The van der Waals surface area contributed by atoms with E-state index < -0.39 is 14.5 Å². The van der Waals surface area contributed by atoms with Gasteiger partial charge in [0.2, 0.25) is 0 Å². The molecule has 0 radical (unpaired) electrons. The van der Waals surface area contributed by atoms with E-state index in [1.807, 2.05) is 0 Å². The summed E-state index contributed by atoms with van der Waals surface area (Å²) < 4.78 is 25.6. The predicted octanol–water partition coefficient (Wildman–Crippen LogP) is -2.50. The Morgan fingerprint density at radius 3 is 1.40 bits per heavy atom. The molecule has 0 aliphatic rings. The first-order chi connectivity index (χ1) is 1.73. The molecular formula is MnO3Zn. The molecule has 0 aliphatic heterocycles. The van der Waals surface area contributed by atoms with Gasteiger partial charge in [0, 0.05) is 0 Å². The number of hydrogen-bond donors (Lipinski definition) is 0. The SMILES string of the molecule is [O]=[Mn]([O-])[O-].[Zn+2]. The summed E-state index contributed by atoms with van der Waals surface area (Å²) in [7, 11) is 0. The van der Waals surface area contributed by atoms with Crippen LogP contribution in [0.1, 0.15) is 0 Å². The second kappa shape index (κ2) is 4.86. The molecule has 0 heterocycles. The van der Waals surface area contributed by atoms with Crippen molar-refractivity contribution < 1.29 is 46.2 Å². The van der Waals surface area contributed by atoms with Crippen LogP contribution < -0.4 is 8.38 Å². The van der Waals surface area contributed by atoms with E-state index in [9.17, 15) is 0 Å². The van der Waals surface area contributed by atoms with Crippen LogP contribution in [0.2, 0.25) is 0 Å². The van der Waals surface area contributed by atoms with Crippen LogP contribution in [0.15, 0.2) is 0 Å². The second-order valence-corrected chi connectivity index (χ2v) is 0.779. The van der Waals surface area contributed by atoms with Crippen molar-refractivity contribution in [2.24, 2.45) is 0 Å². The van der Waals surface area contributed by atoms with Crippen LogP contribution in [0, 0.1) is 0 Å². The monoisotopic (exact) mass is 167 g/mol. The zero-order chi connectivity index (χ0) is 3.58. The van der Waals surface area contributed by atoms with E-state index >= 15 is 0 Å². The van der Waals surface area contributed by atoms with Gasteiger partial charge in [-0.2, -0.15) is 0 Å². The van der Waals surface area contributed by atoms with E-state index in [0.29, 0.717) is 0 Å². The van der Waals surface area contributed by atoms with Crippen molar-refractivity contribution in [3.05, 3.63) is 0 Å². The molecule has 27 valence electrons. The number of rotatable bonds is 0. The summed E-state index contributed by atoms with van der Waals surface area (Å²) in [6.07, 6.45) is 0. The number of hydrogen-bond acceptors (Lipinski definition) is 3. The maximum absolute atomic E-state index is 8.52. The minimum absolute atomic E-state index is 0. The van der Waals surface area contributed by atoms with E-state index in [1.165, 1.54) is 0 Å². The Hall–Kier alpha value is 0.863. The van der Waals surface area contributed by atoms with Crippen LogP contribution in [-0.4, -0.2) is 0 Å². The van der Waals surface area contributed by atoms with Crippen molar-refractivity contribution in [2.75, 3.05) is 0 Å². The molecule has 0 rings (SSSR count). The van der Waals surface area contributed by atoms with E-state index in [1.54, 1.807) is 0 Å². The molecule has 0 aromatic carbocycles. The van der Waals surface area contributed by atoms with Crippen molar-refractivity contribution in [1.82, 2.24) is 0 Å². The van der Waals surface area contributed by atoms with Gasteiger partial charge >= 0.3 is 46.2 Å². The van der Waals surface area contributed by atoms with Gasteiger partial charge in [0.05, 0.1) is 0 Å². The molecule has 0 saturated heterocycles. The molecule has 0 amide bonds. The molecule has 0 bridgehead atoms. The third-order valence-electron chi connectivity index (χ3n) is 0. The quantitative estimate of drug-likeness (QED) is 0.376. The van der Waals surface area contributed by atoms with Gasteiger partial charge in [-0.1, -0.05) is 0 Å². The van der Waals surface area contributed by atoms with Crippen molar-refractivity contribution in [3.63, 3.8) is 0 Å². The zero-order valence-electron chi connectivity index (χ0n) is 2.31. The van der Waals surface area contributed by atoms with Crippen LogP contribution in [0.3, 0.4) is 0 Å². The summed E-state index contributed by atoms with van der Waals surface area (Å²) in [5.41, 5.74) is 0. The van der Waals surface area contributed by atoms with Crippen LogP contribution in [-0.2, 0) is 37.8 Å². The molecule has 0 aliphatic carbocycles. The fourth-order valence-corrected chi connectivity index (χ4v) is 0. The molecule has 0 spiro atoms. The molecule has 0 atom stereocenters. The maximum Gasteiger partial charge on any atom is 2.00 e. The van der Waals surface area contributed by atoms with Gasteiger partial charge in [0.25, 0.3) is 0 Å². The van der Waals surface area contributed by atoms with Crippen LogP contribution >= 0.6 is 0 Å². The van der Waals surface area contributed by atoms with Crippen molar-refractivity contribution in [2.45, 2.75) is 0 Å². The molecule has 0 aromatic heterocycles. The van der Waals surface area contributed by atoms with Crippen molar-refractivity contribution in [3.8, 4) is 0 Å². The van der Waals surface area contributed by atoms with E-state index in [0.717, 1.165) is 0 Å². The summed E-state index contributed by atoms with van der Waals surface area (Å²) in [4.78, 5) is 0. The molecule has 0 fully saturated rings. The van der Waals surface area contributed by atoms with Gasteiger partial charge in [-0.25, -0.2) is 0 Å². The molecule has 5 heavy (non-hydrogen) atoms.